The predicted molar refractivity (Wildman–Crippen MR) is 127 cm³/mol. The molecule has 0 spiro atoms. The first-order valence-corrected chi connectivity index (χ1v) is 10.4. The Morgan fingerprint density at radius 3 is 2.82 bits per heavy atom. The molecule has 2 heterocycles. The van der Waals surface area contributed by atoms with Gasteiger partial charge in [-0.05, 0) is 48.4 Å². The normalized spacial score (nSPS) is 11.3. The lowest BCUT2D eigenvalue weighted by Crippen LogP contribution is -2.19. The van der Waals surface area contributed by atoms with Gasteiger partial charge >= 0.3 is 0 Å². The van der Waals surface area contributed by atoms with Crippen molar-refractivity contribution in [2.75, 3.05) is 7.05 Å². The number of amides is 1. The highest BCUT2D eigenvalue weighted by Crippen LogP contribution is 2.22. The van der Waals surface area contributed by atoms with Gasteiger partial charge in [0.15, 0.2) is 0 Å². The molecule has 33 heavy (non-hydrogen) atoms. The maximum absolute atomic E-state index is 14.2. The summed E-state index contributed by atoms with van der Waals surface area (Å²) in [4.78, 5) is 24.7. The van der Waals surface area contributed by atoms with Gasteiger partial charge < -0.3 is 9.88 Å². The van der Waals surface area contributed by atoms with Gasteiger partial charge in [-0.15, -0.1) is 0 Å². The van der Waals surface area contributed by atoms with Gasteiger partial charge in [0.25, 0.3) is 5.91 Å². The molecule has 0 aliphatic rings. The number of nitrogens with one attached hydrogen (secondary N) is 2. The Balaban J connectivity index is 1.52. The SMILES string of the molecule is CNC(=O)c1ccc(C(=N)/C=N\c2ncc(Cc3cc4cccnc4cc3C)n2C)cc1F. The number of nitrogens with zero attached hydrogens (tertiary/aromatic N) is 4. The summed E-state index contributed by atoms with van der Waals surface area (Å²) < 4.78 is 16.1. The molecule has 4 aromatic rings. The standard InChI is InChI=1S/C25H23FN6O/c1-15-9-23-17(5-4-8-29-23)10-18(15)11-19-13-30-25(32(19)3)31-14-22(27)16-6-7-20(21(26)12-16)24(33)28-2/h4-10,12-14,27H,11H2,1-3H3,(H,28,33)/b27-22?,31-14-. The van der Waals surface area contributed by atoms with Gasteiger partial charge in [0.1, 0.15) is 5.82 Å². The highest BCUT2D eigenvalue weighted by molar-refractivity contribution is 6.37. The maximum atomic E-state index is 14.2. The number of carbonyl (C=O) groups is 1. The second-order valence-electron chi connectivity index (χ2n) is 7.71. The fourth-order valence-corrected chi connectivity index (χ4v) is 3.57. The van der Waals surface area contributed by atoms with Crippen LogP contribution in [0.1, 0.15) is 32.7 Å². The Hall–Kier alpha value is -4.20. The molecule has 2 aromatic heterocycles. The molecule has 0 saturated heterocycles. The predicted octanol–water partition coefficient (Wildman–Crippen LogP) is 4.14. The third kappa shape index (κ3) is 4.55. The number of aromatic nitrogens is 3. The lowest BCUT2D eigenvalue weighted by atomic mass is 10.0. The number of aliphatic imine (C=N–C) groups is 1. The van der Waals surface area contributed by atoms with Crippen molar-refractivity contribution in [2.45, 2.75) is 13.3 Å². The van der Waals surface area contributed by atoms with Gasteiger partial charge in [0.2, 0.25) is 5.95 Å². The van der Waals surface area contributed by atoms with Gasteiger partial charge in [-0.1, -0.05) is 12.1 Å². The van der Waals surface area contributed by atoms with E-state index in [1.54, 1.807) is 12.4 Å². The van der Waals surface area contributed by atoms with Gasteiger partial charge in [0.05, 0.1) is 29.2 Å². The molecular weight excluding hydrogens is 419 g/mol. The summed E-state index contributed by atoms with van der Waals surface area (Å²) in [5.41, 5.74) is 4.52. The second-order valence-corrected chi connectivity index (χ2v) is 7.71. The minimum absolute atomic E-state index is 0.0137. The van der Waals surface area contributed by atoms with E-state index >= 15 is 0 Å². The summed E-state index contributed by atoms with van der Waals surface area (Å²) in [6, 6.07) is 12.2. The topological polar surface area (TPSA) is 96.0 Å². The van der Waals surface area contributed by atoms with Crippen molar-refractivity contribution < 1.29 is 9.18 Å². The zero-order valence-corrected chi connectivity index (χ0v) is 18.6. The number of imidazole rings is 1. The molecule has 0 unspecified atom stereocenters. The lowest BCUT2D eigenvalue weighted by molar-refractivity contribution is 0.0959. The van der Waals surface area contributed by atoms with Crippen molar-refractivity contribution in [3.8, 4) is 0 Å². The lowest BCUT2D eigenvalue weighted by Gasteiger charge is -2.09. The van der Waals surface area contributed by atoms with E-state index in [1.165, 1.54) is 31.0 Å². The summed E-state index contributed by atoms with van der Waals surface area (Å²) in [6.07, 6.45) is 5.56. The monoisotopic (exact) mass is 442 g/mol. The summed E-state index contributed by atoms with van der Waals surface area (Å²) in [5, 5.41) is 11.7. The van der Waals surface area contributed by atoms with E-state index in [2.05, 4.69) is 39.3 Å². The number of benzene rings is 2. The Labute approximate surface area is 190 Å². The van der Waals surface area contributed by atoms with E-state index in [0.717, 1.165) is 28.2 Å². The molecule has 4 rings (SSSR count). The Kier molecular flexibility index (Phi) is 6.08. The molecule has 8 heteroatoms. The number of rotatable bonds is 6. The number of hydrogen-bond donors (Lipinski definition) is 2. The fourth-order valence-electron chi connectivity index (χ4n) is 3.57. The molecule has 166 valence electrons. The van der Waals surface area contributed by atoms with Gasteiger partial charge in [0, 0.05) is 43.4 Å². The number of carbonyl (C=O) groups excluding carboxylic acids is 1. The Bertz CT molecular complexity index is 1410. The minimum atomic E-state index is -0.690. The van der Waals surface area contributed by atoms with Crippen LogP contribution < -0.4 is 5.32 Å². The molecular formula is C25H23FN6O. The van der Waals surface area contributed by atoms with Crippen molar-refractivity contribution >= 4 is 34.7 Å². The van der Waals surface area contributed by atoms with Gasteiger partial charge in [-0.3, -0.25) is 15.2 Å². The van der Waals surface area contributed by atoms with Crippen molar-refractivity contribution in [1.82, 2.24) is 19.9 Å². The van der Waals surface area contributed by atoms with Crippen LogP contribution in [-0.4, -0.2) is 39.4 Å². The highest BCUT2D eigenvalue weighted by atomic mass is 19.1. The van der Waals surface area contributed by atoms with Gasteiger partial charge in [-0.2, -0.15) is 0 Å². The zero-order chi connectivity index (χ0) is 23.5. The highest BCUT2D eigenvalue weighted by Gasteiger charge is 2.13. The molecule has 7 nitrogen and oxygen atoms in total. The van der Waals surface area contributed by atoms with Crippen LogP contribution in [0.25, 0.3) is 10.9 Å². The van der Waals surface area contributed by atoms with Crippen LogP contribution in [0.15, 0.2) is 59.9 Å². The van der Waals surface area contributed by atoms with E-state index < -0.39 is 11.7 Å². The second kappa shape index (κ2) is 9.12. The molecule has 0 saturated carbocycles. The smallest absolute Gasteiger partial charge is 0.253 e. The number of pyridine rings is 1. The van der Waals surface area contributed by atoms with Crippen LogP contribution in [0, 0.1) is 18.2 Å². The number of aryl methyl sites for hydroxylation is 1. The van der Waals surface area contributed by atoms with Crippen molar-refractivity contribution in [2.24, 2.45) is 12.0 Å². The molecule has 0 aliphatic heterocycles. The first kappa shape index (κ1) is 22.0. The molecule has 1 amide bonds. The van der Waals surface area contributed by atoms with Crippen LogP contribution in [-0.2, 0) is 13.5 Å². The van der Waals surface area contributed by atoms with E-state index in [4.69, 9.17) is 5.41 Å². The molecule has 2 N–H and O–H groups in total. The summed E-state index contributed by atoms with van der Waals surface area (Å²) in [7, 11) is 3.30. The van der Waals surface area contributed by atoms with Crippen molar-refractivity contribution in [3.63, 3.8) is 0 Å². The van der Waals surface area contributed by atoms with Crippen LogP contribution in [0.4, 0.5) is 10.3 Å². The molecule has 2 aromatic carbocycles. The number of halogens is 1. The average molecular weight is 442 g/mol. The van der Waals surface area contributed by atoms with Crippen LogP contribution in [0.5, 0.6) is 0 Å². The van der Waals surface area contributed by atoms with E-state index in [0.29, 0.717) is 17.9 Å². The van der Waals surface area contributed by atoms with Crippen LogP contribution >= 0.6 is 0 Å². The number of hydrogen-bond acceptors (Lipinski definition) is 5. The quantitative estimate of drug-likeness (QED) is 0.439. The van der Waals surface area contributed by atoms with Crippen molar-refractivity contribution in [3.05, 3.63) is 88.6 Å². The largest absolute Gasteiger partial charge is 0.355 e. The van der Waals surface area contributed by atoms with Crippen LogP contribution in [0.2, 0.25) is 0 Å². The summed E-state index contributed by atoms with van der Waals surface area (Å²) >= 11 is 0. The summed E-state index contributed by atoms with van der Waals surface area (Å²) in [6.45, 7) is 2.06. The van der Waals surface area contributed by atoms with Crippen molar-refractivity contribution in [1.29, 1.82) is 5.41 Å². The minimum Gasteiger partial charge on any atom is -0.355 e. The third-order valence-corrected chi connectivity index (χ3v) is 5.55. The molecule has 0 aliphatic carbocycles. The third-order valence-electron chi connectivity index (χ3n) is 5.55. The molecule has 0 atom stereocenters. The summed E-state index contributed by atoms with van der Waals surface area (Å²) in [5.74, 6) is -0.764. The fraction of sp³-hybridized carbons (Fsp3) is 0.160. The van der Waals surface area contributed by atoms with Crippen LogP contribution in [0.3, 0.4) is 0 Å². The van der Waals surface area contributed by atoms with Gasteiger partial charge in [-0.25, -0.2) is 14.4 Å². The zero-order valence-electron chi connectivity index (χ0n) is 18.6. The number of fused-ring (bicyclic) bond motifs is 1. The first-order chi connectivity index (χ1) is 15.9. The average Bonchev–Trinajstić information content (AvgIpc) is 3.16. The molecule has 0 bridgehead atoms. The Morgan fingerprint density at radius 2 is 2.06 bits per heavy atom. The first-order valence-electron chi connectivity index (χ1n) is 10.4. The van der Waals surface area contributed by atoms with E-state index in [-0.39, 0.29) is 11.3 Å². The molecule has 0 radical (unpaired) electrons. The Morgan fingerprint density at radius 1 is 1.24 bits per heavy atom. The van der Waals surface area contributed by atoms with E-state index in [9.17, 15) is 9.18 Å². The van der Waals surface area contributed by atoms with E-state index in [1.807, 2.05) is 23.7 Å². The molecule has 0 fully saturated rings. The maximum Gasteiger partial charge on any atom is 0.253 e.